The molecule has 0 saturated heterocycles. The standard InChI is InChI=1S/C4H8NO/c1-4(6)3-5-2/h3,6H,1-2H3/q-1/p-1. The number of hydrogen-bond acceptors (Lipinski definition) is 1. The molecule has 0 aromatic rings. The van der Waals surface area contributed by atoms with E-state index in [2.05, 4.69) is 5.32 Å². The van der Waals surface area contributed by atoms with Gasteiger partial charge < -0.3 is 10.4 Å². The van der Waals surface area contributed by atoms with E-state index in [1.165, 1.54) is 13.1 Å². The molecule has 0 heterocycles. The van der Waals surface area contributed by atoms with Gasteiger partial charge in [0, 0.05) is 0 Å². The van der Waals surface area contributed by atoms with Crippen LogP contribution in [0.3, 0.4) is 0 Å². The van der Waals surface area contributed by atoms with Crippen molar-refractivity contribution in [2.45, 2.75) is 6.92 Å². The van der Waals surface area contributed by atoms with E-state index in [1.54, 1.807) is 7.05 Å². The summed E-state index contributed by atoms with van der Waals surface area (Å²) in [4.78, 5) is 0. The van der Waals surface area contributed by atoms with Gasteiger partial charge in [0.05, 0.1) is 0 Å². The minimum Gasteiger partial charge on any atom is -0.877 e. The highest BCUT2D eigenvalue weighted by atomic mass is 16.3. The second-order valence-corrected chi connectivity index (χ2v) is 0.998. The van der Waals surface area contributed by atoms with Crippen LogP contribution in [0.4, 0.5) is 0 Å². The summed E-state index contributed by atoms with van der Waals surface area (Å²) in [7, 11) is 1.57. The molecule has 0 radical (unpaired) electrons. The lowest BCUT2D eigenvalue weighted by Gasteiger charge is -2.10. The monoisotopic (exact) mass is 85.1 g/mol. The molecule has 0 N–H and O–H groups in total. The highest BCUT2D eigenvalue weighted by molar-refractivity contribution is 4.97. The third-order valence-corrected chi connectivity index (χ3v) is 0.311. The first-order valence-electron chi connectivity index (χ1n) is 1.70. The van der Waals surface area contributed by atoms with Crippen LogP contribution in [0.5, 0.6) is 0 Å². The summed E-state index contributed by atoms with van der Waals surface area (Å²) in [5, 5.41) is 13.4. The molecule has 0 aliphatic rings. The average Bonchev–Trinajstić information content (AvgIpc) is 1.35. The van der Waals surface area contributed by atoms with E-state index < -0.39 is 0 Å². The maximum absolute atomic E-state index is 9.89. The molecule has 0 atom stereocenters. The molecule has 36 valence electrons. The molecule has 0 bridgehead atoms. The molecule has 0 aromatic carbocycles. The molecule has 2 heteroatoms. The van der Waals surface area contributed by atoms with Gasteiger partial charge in [-0.1, -0.05) is 6.92 Å². The molecule has 0 fully saturated rings. The number of hydrogen-bond donors (Lipinski definition) is 0. The van der Waals surface area contributed by atoms with Gasteiger partial charge >= 0.3 is 0 Å². The van der Waals surface area contributed by atoms with Gasteiger partial charge in [-0.3, -0.25) is 0 Å². The fourth-order valence-corrected chi connectivity index (χ4v) is 0.182. The van der Waals surface area contributed by atoms with Gasteiger partial charge in [0.15, 0.2) is 0 Å². The molecule has 0 saturated carbocycles. The molecule has 0 rings (SSSR count). The Labute approximate surface area is 37.5 Å². The minimum absolute atomic E-state index is 0.00231. The van der Waals surface area contributed by atoms with Crippen LogP contribution in [-0.4, -0.2) is 7.05 Å². The van der Waals surface area contributed by atoms with E-state index in [0.717, 1.165) is 0 Å². The van der Waals surface area contributed by atoms with Crippen LogP contribution in [0.25, 0.3) is 5.32 Å². The van der Waals surface area contributed by atoms with Crippen LogP contribution in [0, 0.1) is 0 Å². The predicted molar refractivity (Wildman–Crippen MR) is 23.0 cm³/mol. The van der Waals surface area contributed by atoms with Crippen molar-refractivity contribution in [1.29, 1.82) is 0 Å². The number of nitrogens with zero attached hydrogens (tertiary/aromatic N) is 1. The van der Waals surface area contributed by atoms with Gasteiger partial charge in [0.25, 0.3) is 0 Å². The zero-order valence-corrected chi connectivity index (χ0v) is 3.93. The summed E-state index contributed by atoms with van der Waals surface area (Å²) in [6.07, 6.45) is 1.28. The van der Waals surface area contributed by atoms with E-state index in [4.69, 9.17) is 0 Å². The molecular formula is C4H7NO-2. The normalized spacial score (nSPS) is 11.3. The summed E-state index contributed by atoms with van der Waals surface area (Å²) in [6.45, 7) is 1.47. The van der Waals surface area contributed by atoms with Crippen LogP contribution in [0.1, 0.15) is 6.92 Å². The van der Waals surface area contributed by atoms with Gasteiger partial charge in [0.2, 0.25) is 0 Å². The lowest BCUT2D eigenvalue weighted by atomic mass is 10.6. The molecule has 0 aliphatic carbocycles. The number of rotatable bonds is 1. The second kappa shape index (κ2) is 2.57. The second-order valence-electron chi connectivity index (χ2n) is 0.998. The molecule has 0 amide bonds. The van der Waals surface area contributed by atoms with Crippen molar-refractivity contribution in [3.05, 3.63) is 17.3 Å². The molecule has 6 heavy (non-hydrogen) atoms. The molecule has 0 aliphatic heterocycles. The third kappa shape index (κ3) is 3.34. The van der Waals surface area contributed by atoms with Gasteiger partial charge in [-0.15, -0.1) is 7.05 Å². The van der Waals surface area contributed by atoms with Crippen molar-refractivity contribution in [3.8, 4) is 0 Å². The Morgan fingerprint density at radius 3 is 2.33 bits per heavy atom. The molecule has 0 spiro atoms. The first-order chi connectivity index (χ1) is 2.77. The quantitative estimate of drug-likeness (QED) is 0.419. The van der Waals surface area contributed by atoms with Crippen LogP contribution >= 0.6 is 0 Å². The van der Waals surface area contributed by atoms with Gasteiger partial charge in [0.1, 0.15) is 0 Å². The summed E-state index contributed by atoms with van der Waals surface area (Å²) in [5.74, 6) is -0.00231. The van der Waals surface area contributed by atoms with Crippen LogP contribution < -0.4 is 5.11 Å². The Morgan fingerprint density at radius 2 is 2.33 bits per heavy atom. The van der Waals surface area contributed by atoms with Crippen LogP contribution in [0.2, 0.25) is 0 Å². The Kier molecular flexibility index (Phi) is 2.29. The maximum Gasteiger partial charge on any atom is -0.0561 e. The predicted octanol–water partition coefficient (Wildman–Crippen LogP) is 0.211. The topological polar surface area (TPSA) is 37.2 Å². The van der Waals surface area contributed by atoms with E-state index in [0.29, 0.717) is 0 Å². The van der Waals surface area contributed by atoms with E-state index >= 15 is 0 Å². The highest BCUT2D eigenvalue weighted by Crippen LogP contribution is 1.82. The first-order valence-corrected chi connectivity index (χ1v) is 1.70. The van der Waals surface area contributed by atoms with Gasteiger partial charge in [-0.2, -0.15) is 12.0 Å². The Morgan fingerprint density at radius 1 is 1.83 bits per heavy atom. The summed E-state index contributed by atoms with van der Waals surface area (Å²) in [6, 6.07) is 0. The fourth-order valence-electron chi connectivity index (χ4n) is 0.182. The Balaban J connectivity index is 3.14. The number of allylic oxidation sites excluding steroid dienone is 1. The lowest BCUT2D eigenvalue weighted by molar-refractivity contribution is -0.301. The maximum atomic E-state index is 9.89. The fraction of sp³-hybridized carbons (Fsp3) is 0.500. The van der Waals surface area contributed by atoms with Crippen molar-refractivity contribution in [1.82, 2.24) is 0 Å². The zero-order chi connectivity index (χ0) is 4.99. The molecule has 0 aromatic heterocycles. The minimum atomic E-state index is -0.00231. The van der Waals surface area contributed by atoms with Crippen molar-refractivity contribution < 1.29 is 5.11 Å². The van der Waals surface area contributed by atoms with E-state index in [1.807, 2.05) is 0 Å². The van der Waals surface area contributed by atoms with Crippen molar-refractivity contribution >= 4 is 0 Å². The summed E-state index contributed by atoms with van der Waals surface area (Å²) < 4.78 is 0. The summed E-state index contributed by atoms with van der Waals surface area (Å²) >= 11 is 0. The van der Waals surface area contributed by atoms with Gasteiger partial charge in [-0.05, 0) is 0 Å². The van der Waals surface area contributed by atoms with Crippen molar-refractivity contribution in [2.75, 3.05) is 7.05 Å². The van der Waals surface area contributed by atoms with Gasteiger partial charge in [-0.25, -0.2) is 0 Å². The molecular weight excluding hydrogens is 78.0 g/mol. The Bertz CT molecular complexity index is 54.6. The largest absolute Gasteiger partial charge is 0.877 e. The van der Waals surface area contributed by atoms with Crippen LogP contribution in [-0.2, 0) is 0 Å². The highest BCUT2D eigenvalue weighted by Gasteiger charge is 1.45. The third-order valence-electron chi connectivity index (χ3n) is 0.311. The SMILES string of the molecule is C[N-]C=C(C)[O-]. The first kappa shape index (κ1) is 5.34. The summed E-state index contributed by atoms with van der Waals surface area (Å²) in [5.41, 5.74) is 0. The molecule has 2 nitrogen and oxygen atoms in total. The molecule has 0 unspecified atom stereocenters. The smallest absolute Gasteiger partial charge is 0.0561 e. The van der Waals surface area contributed by atoms with E-state index in [9.17, 15) is 5.11 Å². The van der Waals surface area contributed by atoms with Crippen molar-refractivity contribution in [2.24, 2.45) is 0 Å². The zero-order valence-electron chi connectivity index (χ0n) is 3.93. The Hall–Kier alpha value is -0.660. The van der Waals surface area contributed by atoms with Crippen LogP contribution in [0.15, 0.2) is 12.0 Å². The average molecular weight is 85.1 g/mol. The lowest BCUT2D eigenvalue weighted by Crippen LogP contribution is -1.95. The van der Waals surface area contributed by atoms with Crippen molar-refractivity contribution in [3.63, 3.8) is 0 Å². The van der Waals surface area contributed by atoms with E-state index in [-0.39, 0.29) is 5.76 Å².